The molecule has 1 fully saturated rings. The standard InChI is InChI=1S/C15H23N3O3/c1-2-11-21-14-7-3-6-13(15(14)18(19)20)17-10-8-12-5-4-9-16-12/h3,6-7,12,16-17H,2,4-5,8-11H2,1H3. The first kappa shape index (κ1) is 15.6. The normalized spacial score (nSPS) is 17.7. The Hall–Kier alpha value is -1.82. The molecule has 1 saturated heterocycles. The Morgan fingerprint density at radius 1 is 1.52 bits per heavy atom. The van der Waals surface area contributed by atoms with Gasteiger partial charge < -0.3 is 15.4 Å². The number of nitrogens with one attached hydrogen (secondary N) is 2. The highest BCUT2D eigenvalue weighted by atomic mass is 16.6. The molecule has 116 valence electrons. The zero-order chi connectivity index (χ0) is 15.1. The van der Waals surface area contributed by atoms with E-state index in [0.717, 1.165) is 25.9 Å². The van der Waals surface area contributed by atoms with Crippen LogP contribution in [0.1, 0.15) is 32.6 Å². The maximum atomic E-state index is 11.3. The van der Waals surface area contributed by atoms with Gasteiger partial charge in [-0.25, -0.2) is 0 Å². The van der Waals surface area contributed by atoms with Crippen LogP contribution in [0.5, 0.6) is 5.75 Å². The van der Waals surface area contributed by atoms with Crippen molar-refractivity contribution in [3.05, 3.63) is 28.3 Å². The van der Waals surface area contributed by atoms with E-state index in [1.165, 1.54) is 12.8 Å². The summed E-state index contributed by atoms with van der Waals surface area (Å²) in [5.74, 6) is 0.339. The Kier molecular flexibility index (Phi) is 5.80. The van der Waals surface area contributed by atoms with E-state index in [-0.39, 0.29) is 10.6 Å². The topological polar surface area (TPSA) is 76.4 Å². The number of rotatable bonds is 8. The first-order valence-electron chi connectivity index (χ1n) is 7.59. The van der Waals surface area contributed by atoms with Crippen LogP contribution >= 0.6 is 0 Å². The third-order valence-corrected chi connectivity index (χ3v) is 3.61. The van der Waals surface area contributed by atoms with Gasteiger partial charge in [-0.3, -0.25) is 10.1 Å². The predicted octanol–water partition coefficient (Wildman–Crippen LogP) is 2.94. The number of ether oxygens (including phenoxy) is 1. The van der Waals surface area contributed by atoms with Crippen LogP contribution in [0.4, 0.5) is 11.4 Å². The molecule has 1 aliphatic rings. The first-order chi connectivity index (χ1) is 10.2. The summed E-state index contributed by atoms with van der Waals surface area (Å²) in [6, 6.07) is 5.70. The van der Waals surface area contributed by atoms with Crippen LogP contribution in [-0.2, 0) is 0 Å². The highest BCUT2D eigenvalue weighted by molar-refractivity contribution is 5.68. The number of nitro benzene ring substituents is 1. The van der Waals surface area contributed by atoms with Gasteiger partial charge in [0.05, 0.1) is 11.5 Å². The van der Waals surface area contributed by atoms with Crippen LogP contribution in [-0.4, -0.2) is 30.7 Å². The van der Waals surface area contributed by atoms with Gasteiger partial charge in [0.2, 0.25) is 0 Å². The van der Waals surface area contributed by atoms with E-state index < -0.39 is 0 Å². The Morgan fingerprint density at radius 3 is 3.05 bits per heavy atom. The van der Waals surface area contributed by atoms with E-state index in [4.69, 9.17) is 4.74 Å². The van der Waals surface area contributed by atoms with E-state index >= 15 is 0 Å². The summed E-state index contributed by atoms with van der Waals surface area (Å²) in [6.07, 6.45) is 4.19. The lowest BCUT2D eigenvalue weighted by Crippen LogP contribution is -2.24. The van der Waals surface area contributed by atoms with Gasteiger partial charge in [0.25, 0.3) is 0 Å². The molecular formula is C15H23N3O3. The van der Waals surface area contributed by atoms with Crippen molar-refractivity contribution in [3.63, 3.8) is 0 Å². The summed E-state index contributed by atoms with van der Waals surface area (Å²) in [5.41, 5.74) is 0.567. The smallest absolute Gasteiger partial charge is 0.333 e. The maximum absolute atomic E-state index is 11.3. The van der Waals surface area contributed by atoms with Gasteiger partial charge >= 0.3 is 5.69 Å². The van der Waals surface area contributed by atoms with Crippen molar-refractivity contribution >= 4 is 11.4 Å². The highest BCUT2D eigenvalue weighted by Crippen LogP contribution is 2.34. The zero-order valence-electron chi connectivity index (χ0n) is 12.4. The van der Waals surface area contributed by atoms with Crippen molar-refractivity contribution in [1.29, 1.82) is 0 Å². The number of nitro groups is 1. The fraction of sp³-hybridized carbons (Fsp3) is 0.600. The molecule has 0 spiro atoms. The van der Waals surface area contributed by atoms with Crippen molar-refractivity contribution in [2.45, 2.75) is 38.6 Å². The first-order valence-corrected chi connectivity index (χ1v) is 7.59. The summed E-state index contributed by atoms with van der Waals surface area (Å²) < 4.78 is 5.47. The molecule has 0 radical (unpaired) electrons. The second-order valence-corrected chi connectivity index (χ2v) is 5.27. The Bertz CT molecular complexity index is 473. The molecule has 0 aromatic heterocycles. The van der Waals surface area contributed by atoms with Gasteiger partial charge in [-0.2, -0.15) is 0 Å². The van der Waals surface area contributed by atoms with Crippen molar-refractivity contribution in [1.82, 2.24) is 5.32 Å². The second kappa shape index (κ2) is 7.83. The third kappa shape index (κ3) is 4.32. The third-order valence-electron chi connectivity index (χ3n) is 3.61. The minimum Gasteiger partial charge on any atom is -0.487 e. The Labute approximate surface area is 125 Å². The molecule has 6 heteroatoms. The molecule has 0 amide bonds. The van der Waals surface area contributed by atoms with Crippen LogP contribution in [0.15, 0.2) is 18.2 Å². The summed E-state index contributed by atoms with van der Waals surface area (Å²) >= 11 is 0. The Balaban J connectivity index is 2.01. The molecule has 0 aliphatic carbocycles. The van der Waals surface area contributed by atoms with Gasteiger partial charge in [0, 0.05) is 12.6 Å². The monoisotopic (exact) mass is 293 g/mol. The Morgan fingerprint density at radius 2 is 2.38 bits per heavy atom. The molecule has 1 atom stereocenters. The van der Waals surface area contributed by atoms with E-state index in [1.54, 1.807) is 18.2 Å². The molecule has 2 N–H and O–H groups in total. The van der Waals surface area contributed by atoms with Gasteiger partial charge in [0.15, 0.2) is 5.75 Å². The lowest BCUT2D eigenvalue weighted by atomic mass is 10.1. The highest BCUT2D eigenvalue weighted by Gasteiger charge is 2.21. The van der Waals surface area contributed by atoms with Crippen LogP contribution in [0.3, 0.4) is 0 Å². The van der Waals surface area contributed by atoms with Crippen LogP contribution < -0.4 is 15.4 Å². The number of benzene rings is 1. The average Bonchev–Trinajstić information content (AvgIpc) is 2.98. The molecule has 1 aromatic rings. The van der Waals surface area contributed by atoms with Gasteiger partial charge in [0.1, 0.15) is 5.69 Å². The van der Waals surface area contributed by atoms with Crippen LogP contribution in [0.2, 0.25) is 0 Å². The molecule has 1 aromatic carbocycles. The van der Waals surface area contributed by atoms with Gasteiger partial charge in [-0.15, -0.1) is 0 Å². The van der Waals surface area contributed by atoms with E-state index in [1.807, 2.05) is 6.92 Å². The number of hydrogen-bond donors (Lipinski definition) is 2. The molecule has 21 heavy (non-hydrogen) atoms. The molecule has 6 nitrogen and oxygen atoms in total. The SMILES string of the molecule is CCCOc1cccc(NCCC2CCCN2)c1[N+](=O)[O-]. The van der Waals surface area contributed by atoms with Crippen molar-refractivity contribution in [2.24, 2.45) is 0 Å². The molecular weight excluding hydrogens is 270 g/mol. The molecule has 1 unspecified atom stereocenters. The summed E-state index contributed by atoms with van der Waals surface area (Å²) in [7, 11) is 0. The lowest BCUT2D eigenvalue weighted by Gasteiger charge is -2.13. The summed E-state index contributed by atoms with van der Waals surface area (Å²) in [6.45, 7) is 4.25. The predicted molar refractivity (Wildman–Crippen MR) is 83.0 cm³/mol. The van der Waals surface area contributed by atoms with E-state index in [0.29, 0.717) is 24.1 Å². The van der Waals surface area contributed by atoms with Crippen molar-refractivity contribution in [2.75, 3.05) is 25.0 Å². The minimum absolute atomic E-state index is 0.0327. The number of anilines is 1. The maximum Gasteiger partial charge on any atom is 0.333 e. The summed E-state index contributed by atoms with van der Waals surface area (Å²) in [5, 5.41) is 17.9. The molecule has 1 aliphatic heterocycles. The van der Waals surface area contributed by atoms with Gasteiger partial charge in [-0.1, -0.05) is 13.0 Å². The minimum atomic E-state index is -0.374. The molecule has 0 bridgehead atoms. The second-order valence-electron chi connectivity index (χ2n) is 5.27. The number of para-hydroxylation sites is 1. The summed E-state index contributed by atoms with van der Waals surface area (Å²) in [4.78, 5) is 10.9. The van der Waals surface area contributed by atoms with E-state index in [9.17, 15) is 10.1 Å². The fourth-order valence-corrected chi connectivity index (χ4v) is 2.57. The quantitative estimate of drug-likeness (QED) is 0.569. The average molecular weight is 293 g/mol. The fourth-order valence-electron chi connectivity index (χ4n) is 2.57. The molecule has 0 saturated carbocycles. The molecule has 2 rings (SSSR count). The molecule has 1 heterocycles. The van der Waals surface area contributed by atoms with Crippen molar-refractivity contribution < 1.29 is 9.66 Å². The van der Waals surface area contributed by atoms with E-state index in [2.05, 4.69) is 10.6 Å². The van der Waals surface area contributed by atoms with Crippen molar-refractivity contribution in [3.8, 4) is 5.75 Å². The zero-order valence-corrected chi connectivity index (χ0v) is 12.4. The largest absolute Gasteiger partial charge is 0.487 e. The van der Waals surface area contributed by atoms with Crippen LogP contribution in [0, 0.1) is 10.1 Å². The van der Waals surface area contributed by atoms with Gasteiger partial charge in [-0.05, 0) is 44.4 Å². The lowest BCUT2D eigenvalue weighted by molar-refractivity contribution is -0.385. The van der Waals surface area contributed by atoms with Crippen LogP contribution in [0.25, 0.3) is 0 Å². The number of hydrogen-bond acceptors (Lipinski definition) is 5. The number of nitrogens with zero attached hydrogens (tertiary/aromatic N) is 1.